The first-order valence-corrected chi connectivity index (χ1v) is 10.4. The molecule has 0 amide bonds. The van der Waals surface area contributed by atoms with E-state index in [1.807, 2.05) is 12.1 Å². The Labute approximate surface area is 197 Å². The fourth-order valence-corrected chi connectivity index (χ4v) is 4.96. The fraction of sp³-hybridized carbons (Fsp3) is 0.435. The number of carboxylic acids is 1. The number of aliphatic carboxylic acids is 1. The molecule has 0 spiro atoms. The number of ether oxygens (including phenoxy) is 1. The quantitative estimate of drug-likeness (QED) is 0.501. The summed E-state index contributed by atoms with van der Waals surface area (Å²) in [6, 6.07) is 10.1. The summed E-state index contributed by atoms with van der Waals surface area (Å²) in [7, 11) is 0. The van der Waals surface area contributed by atoms with Crippen LogP contribution in [0.15, 0.2) is 48.5 Å². The van der Waals surface area contributed by atoms with Crippen molar-refractivity contribution in [2.45, 2.75) is 55.9 Å². The molecule has 4 atom stereocenters. The van der Waals surface area contributed by atoms with Crippen molar-refractivity contribution in [1.82, 2.24) is 5.32 Å². The maximum atomic E-state index is 13.2. The Kier molecular flexibility index (Phi) is 7.27. The van der Waals surface area contributed by atoms with E-state index in [0.29, 0.717) is 25.0 Å². The Morgan fingerprint density at radius 1 is 1.00 bits per heavy atom. The van der Waals surface area contributed by atoms with Crippen molar-refractivity contribution >= 4 is 18.4 Å². The lowest BCUT2D eigenvalue weighted by molar-refractivity contribution is -0.144. The van der Waals surface area contributed by atoms with Gasteiger partial charge in [-0.1, -0.05) is 30.3 Å². The lowest BCUT2D eigenvalue weighted by Gasteiger charge is -2.42. The Hall–Kier alpha value is -2.30. The number of piperidine rings is 1. The predicted molar refractivity (Wildman–Crippen MR) is 112 cm³/mol. The van der Waals surface area contributed by atoms with Gasteiger partial charge >= 0.3 is 18.3 Å². The van der Waals surface area contributed by atoms with Crippen LogP contribution in [0.4, 0.5) is 26.3 Å². The third-order valence-electron chi connectivity index (χ3n) is 6.46. The summed E-state index contributed by atoms with van der Waals surface area (Å²) in [5.41, 5.74) is -3.19. The van der Waals surface area contributed by atoms with E-state index < -0.39 is 53.6 Å². The first kappa shape index (κ1) is 26.3. The lowest BCUT2D eigenvalue weighted by Crippen LogP contribution is -2.54. The van der Waals surface area contributed by atoms with E-state index in [0.717, 1.165) is 5.56 Å². The summed E-state index contributed by atoms with van der Waals surface area (Å²) in [4.78, 5) is 11.8. The van der Waals surface area contributed by atoms with E-state index in [1.54, 1.807) is 18.2 Å². The summed E-state index contributed by atoms with van der Waals surface area (Å²) in [6.07, 6.45) is -9.43. The molecule has 2 heterocycles. The van der Waals surface area contributed by atoms with Crippen molar-refractivity contribution in [3.05, 3.63) is 70.8 Å². The van der Waals surface area contributed by atoms with E-state index in [9.17, 15) is 36.2 Å². The van der Waals surface area contributed by atoms with Crippen LogP contribution in [0.2, 0.25) is 0 Å². The molecule has 11 heteroatoms. The molecule has 0 saturated carbocycles. The SMILES string of the molecule is Cl.O=C(O)C1CC2(c3ccccc3)NC1CCC2OCc1cc(C(F)(F)F)cc(C(F)(F)F)c1. The zero-order chi connectivity index (χ0) is 24.0. The largest absolute Gasteiger partial charge is 0.481 e. The summed E-state index contributed by atoms with van der Waals surface area (Å²) in [5.74, 6) is -1.64. The zero-order valence-corrected chi connectivity index (χ0v) is 18.4. The minimum atomic E-state index is -4.94. The maximum Gasteiger partial charge on any atom is 0.416 e. The van der Waals surface area contributed by atoms with Gasteiger partial charge in [-0.05, 0) is 48.6 Å². The van der Waals surface area contributed by atoms with Gasteiger partial charge in [0.25, 0.3) is 0 Å². The van der Waals surface area contributed by atoms with Gasteiger partial charge in [0.15, 0.2) is 0 Å². The highest BCUT2D eigenvalue weighted by Crippen LogP contribution is 2.47. The van der Waals surface area contributed by atoms with E-state index in [1.165, 1.54) is 0 Å². The normalized spacial score (nSPS) is 26.7. The molecule has 0 aromatic heterocycles. The Morgan fingerprint density at radius 2 is 1.59 bits per heavy atom. The van der Waals surface area contributed by atoms with E-state index in [2.05, 4.69) is 5.32 Å². The van der Waals surface area contributed by atoms with Crippen LogP contribution in [0.1, 0.15) is 41.5 Å². The maximum absolute atomic E-state index is 13.2. The third kappa shape index (κ3) is 5.04. The summed E-state index contributed by atoms with van der Waals surface area (Å²) < 4.78 is 85.0. The van der Waals surface area contributed by atoms with Crippen LogP contribution >= 0.6 is 12.4 Å². The number of halogens is 7. The molecule has 2 fully saturated rings. The number of rotatable bonds is 5. The highest BCUT2D eigenvalue weighted by atomic mass is 35.5. The molecule has 34 heavy (non-hydrogen) atoms. The number of hydrogen-bond acceptors (Lipinski definition) is 3. The Balaban J connectivity index is 0.00000324. The minimum Gasteiger partial charge on any atom is -0.481 e. The fourth-order valence-electron chi connectivity index (χ4n) is 4.96. The smallest absolute Gasteiger partial charge is 0.416 e. The minimum absolute atomic E-state index is 0. The van der Waals surface area contributed by atoms with Gasteiger partial charge in [0, 0.05) is 6.04 Å². The van der Waals surface area contributed by atoms with Gasteiger partial charge in [-0.2, -0.15) is 26.3 Å². The predicted octanol–water partition coefficient (Wildman–Crippen LogP) is 5.78. The van der Waals surface area contributed by atoms with Crippen LogP contribution in [0.5, 0.6) is 0 Å². The van der Waals surface area contributed by atoms with Crippen molar-refractivity contribution < 1.29 is 41.0 Å². The van der Waals surface area contributed by atoms with Gasteiger partial charge < -0.3 is 15.2 Å². The summed E-state index contributed by atoms with van der Waals surface area (Å²) in [6.45, 7) is -0.476. The molecule has 2 bridgehead atoms. The standard InChI is InChI=1S/C23H21F6NO3.ClH/c24-22(25,26)15-8-13(9-16(10-15)23(27,28)29)12-33-19-7-6-18-17(20(31)32)11-21(19,30-18)14-4-2-1-3-5-14;/h1-5,8-10,17-19,30H,6-7,11-12H2,(H,31,32);1H. The molecule has 2 aliphatic rings. The van der Waals surface area contributed by atoms with Gasteiger partial charge in [-0.3, -0.25) is 4.79 Å². The molecule has 4 unspecified atom stereocenters. The number of carboxylic acid groups (broad SMARTS) is 1. The van der Waals surface area contributed by atoms with Gasteiger partial charge in [-0.15, -0.1) is 12.4 Å². The Morgan fingerprint density at radius 3 is 2.12 bits per heavy atom. The molecular formula is C23H22ClF6NO3. The molecule has 2 N–H and O–H groups in total. The average molecular weight is 510 g/mol. The van der Waals surface area contributed by atoms with Gasteiger partial charge in [0.05, 0.1) is 35.3 Å². The van der Waals surface area contributed by atoms with Crippen molar-refractivity contribution in [3.8, 4) is 0 Å². The molecule has 2 aliphatic heterocycles. The molecule has 4 rings (SSSR count). The van der Waals surface area contributed by atoms with Crippen LogP contribution in [-0.4, -0.2) is 23.2 Å². The number of nitrogens with one attached hydrogen (secondary N) is 1. The Bertz CT molecular complexity index is 997. The number of carbonyl (C=O) groups is 1. The lowest BCUT2D eigenvalue weighted by atomic mass is 9.80. The third-order valence-corrected chi connectivity index (χ3v) is 6.46. The number of benzene rings is 2. The second-order valence-electron chi connectivity index (χ2n) is 8.53. The first-order valence-electron chi connectivity index (χ1n) is 10.4. The monoisotopic (exact) mass is 509 g/mol. The molecular weight excluding hydrogens is 488 g/mol. The van der Waals surface area contributed by atoms with E-state index >= 15 is 0 Å². The van der Waals surface area contributed by atoms with Crippen molar-refractivity contribution in [2.24, 2.45) is 5.92 Å². The van der Waals surface area contributed by atoms with Crippen LogP contribution < -0.4 is 5.32 Å². The van der Waals surface area contributed by atoms with Gasteiger partial charge in [-0.25, -0.2) is 0 Å². The number of hydrogen-bond donors (Lipinski definition) is 2. The van der Waals surface area contributed by atoms with Crippen molar-refractivity contribution in [2.75, 3.05) is 0 Å². The van der Waals surface area contributed by atoms with Gasteiger partial charge in [0.1, 0.15) is 0 Å². The second kappa shape index (κ2) is 9.39. The van der Waals surface area contributed by atoms with Crippen LogP contribution in [0.3, 0.4) is 0 Å². The van der Waals surface area contributed by atoms with E-state index in [-0.39, 0.29) is 36.5 Å². The van der Waals surface area contributed by atoms with Crippen LogP contribution in [0, 0.1) is 5.92 Å². The highest BCUT2D eigenvalue weighted by Gasteiger charge is 2.56. The highest BCUT2D eigenvalue weighted by molar-refractivity contribution is 5.85. The molecule has 0 aliphatic carbocycles. The summed E-state index contributed by atoms with van der Waals surface area (Å²) >= 11 is 0. The zero-order valence-electron chi connectivity index (χ0n) is 17.6. The number of fused-ring (bicyclic) bond motifs is 2. The topological polar surface area (TPSA) is 58.6 Å². The van der Waals surface area contributed by atoms with E-state index in [4.69, 9.17) is 4.74 Å². The molecule has 186 valence electrons. The van der Waals surface area contributed by atoms with Crippen LogP contribution in [-0.2, 0) is 34.0 Å². The van der Waals surface area contributed by atoms with Crippen LogP contribution in [0.25, 0.3) is 0 Å². The van der Waals surface area contributed by atoms with Crippen molar-refractivity contribution in [3.63, 3.8) is 0 Å². The number of alkyl halides is 6. The summed E-state index contributed by atoms with van der Waals surface area (Å²) in [5, 5.41) is 13.0. The molecule has 2 saturated heterocycles. The van der Waals surface area contributed by atoms with Crippen molar-refractivity contribution in [1.29, 1.82) is 0 Å². The first-order chi connectivity index (χ1) is 15.4. The molecule has 2 aromatic rings. The van der Waals surface area contributed by atoms with Gasteiger partial charge in [0.2, 0.25) is 0 Å². The average Bonchev–Trinajstić information content (AvgIpc) is 3.07. The molecule has 4 nitrogen and oxygen atoms in total. The molecule has 0 radical (unpaired) electrons. The second-order valence-corrected chi connectivity index (χ2v) is 8.53. The molecule has 2 aromatic carbocycles.